The molecule has 1 aliphatic heterocycles. The molecule has 0 saturated carbocycles. The number of alkyl halides is 6. The Morgan fingerprint density at radius 3 is 2.44 bits per heavy atom. The summed E-state index contributed by atoms with van der Waals surface area (Å²) in [6, 6.07) is 9.78. The zero-order valence-corrected chi connectivity index (χ0v) is 21.8. The van der Waals surface area contributed by atoms with Crippen molar-refractivity contribution in [2.24, 2.45) is 0 Å². The first-order valence-corrected chi connectivity index (χ1v) is 12.3. The molecule has 41 heavy (non-hydrogen) atoms. The van der Waals surface area contributed by atoms with Gasteiger partial charge in [-0.25, -0.2) is 13.2 Å². The summed E-state index contributed by atoms with van der Waals surface area (Å²) in [4.78, 5) is 42.9. The first-order valence-electron chi connectivity index (χ1n) is 12.3. The second-order valence-electron chi connectivity index (χ2n) is 9.81. The molecule has 1 aromatic heterocycles. The van der Waals surface area contributed by atoms with Crippen LogP contribution in [0.2, 0.25) is 0 Å². The van der Waals surface area contributed by atoms with Crippen LogP contribution < -0.4 is 15.5 Å². The molecule has 0 spiro atoms. The van der Waals surface area contributed by atoms with E-state index in [4.69, 9.17) is 0 Å². The number of halogens is 6. The van der Waals surface area contributed by atoms with Crippen LogP contribution in [0, 0.1) is 0 Å². The molecule has 3 aromatic rings. The maximum absolute atomic E-state index is 13.8. The van der Waals surface area contributed by atoms with Crippen molar-refractivity contribution >= 4 is 29.1 Å². The van der Waals surface area contributed by atoms with Gasteiger partial charge in [-0.1, -0.05) is 12.1 Å². The molecular formula is C28H24F6N4O3. The van der Waals surface area contributed by atoms with Gasteiger partial charge in [0.05, 0.1) is 11.1 Å². The maximum Gasteiger partial charge on any atom is 0.416 e. The number of amides is 3. The molecule has 2 aromatic carbocycles. The van der Waals surface area contributed by atoms with Crippen molar-refractivity contribution in [1.29, 1.82) is 0 Å². The number of nitrogens with one attached hydrogen (secondary N) is 2. The normalized spacial score (nSPS) is 13.7. The minimum Gasteiger partial charge on any atom is -0.349 e. The van der Waals surface area contributed by atoms with Crippen LogP contribution in [0.5, 0.6) is 0 Å². The fraction of sp³-hybridized carbons (Fsp3) is 0.286. The fourth-order valence-electron chi connectivity index (χ4n) is 4.21. The SMILES string of the molecule is CC(C)(F)C(=O)NCc1cnc(C(F)F)c(C(=O)Nc2ccc3c(c2)C(=O)N(c2cccc(C(F)(F)F)c2)CC3)c1. The smallest absolute Gasteiger partial charge is 0.349 e. The highest BCUT2D eigenvalue weighted by Gasteiger charge is 2.33. The molecule has 0 atom stereocenters. The molecule has 216 valence electrons. The number of hydrogen-bond donors (Lipinski definition) is 2. The number of aromatic nitrogens is 1. The number of hydrogen-bond acceptors (Lipinski definition) is 4. The van der Waals surface area contributed by atoms with E-state index in [0.29, 0.717) is 12.0 Å². The van der Waals surface area contributed by atoms with Gasteiger partial charge >= 0.3 is 6.18 Å². The van der Waals surface area contributed by atoms with Gasteiger partial charge in [-0.3, -0.25) is 19.4 Å². The molecule has 0 bridgehead atoms. The Hall–Kier alpha value is -4.42. The van der Waals surface area contributed by atoms with E-state index in [1.807, 2.05) is 0 Å². The molecule has 2 heterocycles. The van der Waals surface area contributed by atoms with Crippen molar-refractivity contribution in [2.45, 2.75) is 45.1 Å². The van der Waals surface area contributed by atoms with Crippen molar-refractivity contribution < 1.29 is 40.7 Å². The first kappa shape index (κ1) is 29.6. The van der Waals surface area contributed by atoms with E-state index in [1.165, 1.54) is 29.2 Å². The van der Waals surface area contributed by atoms with Crippen LogP contribution in [0.4, 0.5) is 37.7 Å². The number of fused-ring (bicyclic) bond motifs is 1. The topological polar surface area (TPSA) is 91.4 Å². The Balaban J connectivity index is 1.57. The summed E-state index contributed by atoms with van der Waals surface area (Å²) in [5.41, 5.74) is -3.40. The fourth-order valence-corrected chi connectivity index (χ4v) is 4.21. The lowest BCUT2D eigenvalue weighted by molar-refractivity contribution is -0.137. The van der Waals surface area contributed by atoms with Crippen LogP contribution >= 0.6 is 0 Å². The summed E-state index contributed by atoms with van der Waals surface area (Å²) >= 11 is 0. The zero-order valence-electron chi connectivity index (χ0n) is 21.8. The van der Waals surface area contributed by atoms with Crippen LogP contribution in [0.25, 0.3) is 0 Å². The van der Waals surface area contributed by atoms with Gasteiger partial charge in [0.25, 0.3) is 24.1 Å². The Morgan fingerprint density at radius 1 is 1.05 bits per heavy atom. The second-order valence-corrected chi connectivity index (χ2v) is 9.81. The van der Waals surface area contributed by atoms with Crippen molar-refractivity contribution in [3.8, 4) is 0 Å². The average Bonchev–Trinajstić information content (AvgIpc) is 2.91. The summed E-state index contributed by atoms with van der Waals surface area (Å²) in [5, 5.41) is 4.74. The van der Waals surface area contributed by atoms with Crippen molar-refractivity contribution in [2.75, 3.05) is 16.8 Å². The number of carbonyl (C=O) groups excluding carboxylic acids is 3. The van der Waals surface area contributed by atoms with E-state index in [9.17, 15) is 40.7 Å². The molecule has 0 radical (unpaired) electrons. The third kappa shape index (κ3) is 6.67. The third-order valence-corrected chi connectivity index (χ3v) is 6.35. The summed E-state index contributed by atoms with van der Waals surface area (Å²) in [6.07, 6.45) is -6.35. The van der Waals surface area contributed by atoms with Crippen LogP contribution in [0.3, 0.4) is 0 Å². The van der Waals surface area contributed by atoms with E-state index in [2.05, 4.69) is 15.6 Å². The number of carbonyl (C=O) groups is 3. The summed E-state index contributed by atoms with van der Waals surface area (Å²) in [7, 11) is 0. The molecule has 3 amide bonds. The first-order chi connectivity index (χ1) is 19.1. The van der Waals surface area contributed by atoms with Gasteiger partial charge in [0.1, 0.15) is 5.69 Å². The molecular weight excluding hydrogens is 554 g/mol. The molecule has 0 aliphatic carbocycles. The summed E-state index contributed by atoms with van der Waals surface area (Å²) < 4.78 is 80.6. The van der Waals surface area contributed by atoms with E-state index in [1.54, 1.807) is 6.07 Å². The third-order valence-electron chi connectivity index (χ3n) is 6.35. The van der Waals surface area contributed by atoms with Crippen LogP contribution in [0.1, 0.15) is 63.4 Å². The maximum atomic E-state index is 13.8. The molecule has 7 nitrogen and oxygen atoms in total. The number of benzene rings is 2. The summed E-state index contributed by atoms with van der Waals surface area (Å²) in [5.74, 6) is -2.52. The van der Waals surface area contributed by atoms with Gasteiger partial charge in [-0.05, 0) is 67.8 Å². The highest BCUT2D eigenvalue weighted by molar-refractivity contribution is 6.10. The Bertz CT molecular complexity index is 1500. The number of anilines is 2. The van der Waals surface area contributed by atoms with Crippen LogP contribution in [0.15, 0.2) is 54.7 Å². The van der Waals surface area contributed by atoms with Gasteiger partial charge in [0.15, 0.2) is 5.67 Å². The second kappa shape index (κ2) is 11.2. The minimum absolute atomic E-state index is 0.0533. The summed E-state index contributed by atoms with van der Waals surface area (Å²) in [6.45, 7) is 1.94. The van der Waals surface area contributed by atoms with Gasteiger partial charge < -0.3 is 15.5 Å². The predicted molar refractivity (Wildman–Crippen MR) is 137 cm³/mol. The Morgan fingerprint density at radius 2 is 1.78 bits per heavy atom. The molecule has 4 rings (SSSR count). The number of rotatable bonds is 7. The molecule has 0 unspecified atom stereocenters. The monoisotopic (exact) mass is 578 g/mol. The highest BCUT2D eigenvalue weighted by Crippen LogP contribution is 2.33. The lowest BCUT2D eigenvalue weighted by atomic mass is 9.97. The van der Waals surface area contributed by atoms with Gasteiger partial charge in [0.2, 0.25) is 0 Å². The van der Waals surface area contributed by atoms with Crippen molar-refractivity contribution in [3.63, 3.8) is 0 Å². The minimum atomic E-state index is -4.59. The predicted octanol–water partition coefficient (Wildman–Crippen LogP) is 5.86. The van der Waals surface area contributed by atoms with Crippen molar-refractivity contribution in [1.82, 2.24) is 10.3 Å². The van der Waals surface area contributed by atoms with E-state index >= 15 is 0 Å². The average molecular weight is 579 g/mol. The zero-order chi connectivity index (χ0) is 30.1. The largest absolute Gasteiger partial charge is 0.416 e. The molecule has 13 heteroatoms. The Labute approximate surface area is 230 Å². The van der Waals surface area contributed by atoms with E-state index in [-0.39, 0.29) is 35.6 Å². The van der Waals surface area contributed by atoms with E-state index in [0.717, 1.165) is 38.2 Å². The molecule has 1 aliphatic rings. The van der Waals surface area contributed by atoms with E-state index < -0.39 is 52.8 Å². The standard InChI is InChI=1S/C28H24F6N4O3/c1-27(2,31)26(41)36-14-15-10-21(22(23(29)30)35-13-15)24(39)37-18-7-6-16-8-9-38(25(40)20(16)12-18)19-5-3-4-17(11-19)28(32,33)34/h3-7,10-13,23H,8-9,14H2,1-2H3,(H,36,41)(H,37,39). The Kier molecular flexibility index (Phi) is 8.09. The quantitative estimate of drug-likeness (QED) is 0.344. The number of pyridine rings is 1. The lowest BCUT2D eigenvalue weighted by Gasteiger charge is -2.29. The molecule has 0 saturated heterocycles. The lowest BCUT2D eigenvalue weighted by Crippen LogP contribution is -2.38. The van der Waals surface area contributed by atoms with Crippen LogP contribution in [-0.4, -0.2) is 34.9 Å². The van der Waals surface area contributed by atoms with Crippen LogP contribution in [-0.2, 0) is 23.9 Å². The molecule has 0 fully saturated rings. The van der Waals surface area contributed by atoms with Gasteiger partial charge in [-0.2, -0.15) is 13.2 Å². The van der Waals surface area contributed by atoms with Crippen molar-refractivity contribution in [3.05, 3.63) is 88.2 Å². The highest BCUT2D eigenvalue weighted by atomic mass is 19.4. The van der Waals surface area contributed by atoms with Gasteiger partial charge in [-0.15, -0.1) is 0 Å². The number of nitrogens with zero attached hydrogens (tertiary/aromatic N) is 2. The molecule has 2 N–H and O–H groups in total. The van der Waals surface area contributed by atoms with Gasteiger partial charge in [0, 0.05) is 36.2 Å².